The van der Waals surface area contributed by atoms with Crippen molar-refractivity contribution in [2.75, 3.05) is 7.05 Å². The third kappa shape index (κ3) is 4.08. The Morgan fingerprint density at radius 1 is 1.36 bits per heavy atom. The number of hydrogen-bond donors (Lipinski definition) is 0. The summed E-state index contributed by atoms with van der Waals surface area (Å²) in [7, 11) is 1.90. The minimum absolute atomic E-state index is 0.878. The van der Waals surface area contributed by atoms with Gasteiger partial charge in [-0.15, -0.1) is 0 Å². The lowest BCUT2D eigenvalue weighted by Gasteiger charge is -2.06. The second kappa shape index (κ2) is 6.00. The van der Waals surface area contributed by atoms with E-state index in [1.165, 1.54) is 49.8 Å². The topological polar surface area (TPSA) is 12.4 Å². The maximum absolute atomic E-state index is 4.30. The van der Waals surface area contributed by atoms with Crippen molar-refractivity contribution in [2.45, 2.75) is 52.4 Å². The molecule has 0 bridgehead atoms. The van der Waals surface area contributed by atoms with E-state index in [1.807, 2.05) is 7.05 Å². The van der Waals surface area contributed by atoms with Gasteiger partial charge in [0.15, 0.2) is 0 Å². The third-order valence-corrected chi connectivity index (χ3v) is 2.91. The van der Waals surface area contributed by atoms with Crippen LogP contribution in [0.3, 0.4) is 0 Å². The van der Waals surface area contributed by atoms with Crippen molar-refractivity contribution in [3.8, 4) is 0 Å². The molecule has 0 saturated heterocycles. The van der Waals surface area contributed by atoms with E-state index in [4.69, 9.17) is 0 Å². The van der Waals surface area contributed by atoms with Gasteiger partial charge in [-0.05, 0) is 44.1 Å². The first kappa shape index (κ1) is 11.5. The summed E-state index contributed by atoms with van der Waals surface area (Å²) < 4.78 is 0. The number of unbranched alkanes of at least 4 members (excludes halogenated alkanes) is 2. The second-order valence-corrected chi connectivity index (χ2v) is 4.30. The predicted octanol–water partition coefficient (Wildman–Crippen LogP) is 3.99. The molecule has 0 N–H and O–H groups in total. The van der Waals surface area contributed by atoms with Crippen LogP contribution >= 0.6 is 0 Å². The average molecular weight is 193 g/mol. The van der Waals surface area contributed by atoms with Crippen LogP contribution in [-0.2, 0) is 0 Å². The van der Waals surface area contributed by atoms with Crippen LogP contribution in [0.1, 0.15) is 52.4 Å². The molecule has 80 valence electrons. The largest absolute Gasteiger partial charge is 0.293 e. The van der Waals surface area contributed by atoms with Crippen molar-refractivity contribution < 1.29 is 0 Å². The Labute approximate surface area is 88.3 Å². The molecule has 0 heterocycles. The molecule has 1 aliphatic rings. The quantitative estimate of drug-likeness (QED) is 0.447. The van der Waals surface area contributed by atoms with Gasteiger partial charge in [-0.3, -0.25) is 4.99 Å². The molecule has 0 unspecified atom stereocenters. The fraction of sp³-hybridized carbons (Fsp3) is 0.769. The Kier molecular flexibility index (Phi) is 4.92. The highest BCUT2D eigenvalue weighted by molar-refractivity contribution is 5.98. The van der Waals surface area contributed by atoms with Crippen LogP contribution in [0.2, 0.25) is 0 Å². The van der Waals surface area contributed by atoms with Crippen LogP contribution in [0.25, 0.3) is 0 Å². The van der Waals surface area contributed by atoms with Crippen molar-refractivity contribution in [3.05, 3.63) is 11.6 Å². The van der Waals surface area contributed by atoms with Gasteiger partial charge in [0.25, 0.3) is 0 Å². The summed E-state index contributed by atoms with van der Waals surface area (Å²) in [6, 6.07) is 0. The molecule has 1 aliphatic carbocycles. The molecule has 0 aromatic rings. The van der Waals surface area contributed by atoms with Crippen LogP contribution in [0.5, 0.6) is 0 Å². The molecule has 0 amide bonds. The maximum atomic E-state index is 4.30. The van der Waals surface area contributed by atoms with Gasteiger partial charge < -0.3 is 0 Å². The molecule has 0 aromatic carbocycles. The van der Waals surface area contributed by atoms with Gasteiger partial charge in [-0.2, -0.15) is 0 Å². The third-order valence-electron chi connectivity index (χ3n) is 2.91. The first-order valence-electron chi connectivity index (χ1n) is 5.92. The second-order valence-electron chi connectivity index (χ2n) is 4.30. The number of rotatable bonds is 6. The minimum atomic E-state index is 0.878. The summed E-state index contributed by atoms with van der Waals surface area (Å²) >= 11 is 0. The van der Waals surface area contributed by atoms with Crippen molar-refractivity contribution in [1.82, 2.24) is 0 Å². The molecule has 0 radical (unpaired) electrons. The Morgan fingerprint density at radius 3 is 2.57 bits per heavy atom. The summed E-state index contributed by atoms with van der Waals surface area (Å²) in [6.07, 6.45) is 10.5. The van der Waals surface area contributed by atoms with E-state index in [9.17, 15) is 0 Å². The highest BCUT2D eigenvalue weighted by Gasteiger charge is 2.19. The van der Waals surface area contributed by atoms with Crippen LogP contribution < -0.4 is 0 Å². The Hall–Kier alpha value is -0.590. The number of aliphatic imine (C=N–C) groups is 1. The average Bonchev–Trinajstić information content (AvgIpc) is 2.99. The molecule has 1 heteroatoms. The highest BCUT2D eigenvalue weighted by Crippen LogP contribution is 2.32. The molecule has 0 aliphatic heterocycles. The van der Waals surface area contributed by atoms with E-state index in [2.05, 4.69) is 24.9 Å². The Morgan fingerprint density at radius 2 is 2.07 bits per heavy atom. The smallest absolute Gasteiger partial charge is 0.0342 e. The van der Waals surface area contributed by atoms with Crippen LogP contribution in [0.4, 0.5) is 0 Å². The number of nitrogens with zero attached hydrogens (tertiary/aromatic N) is 1. The molecule has 14 heavy (non-hydrogen) atoms. The standard InChI is InChI=1S/C13H23N/c1-4-5-6-7-13(11(2)14-3)10-12-8-9-12/h10,12H,4-9H2,1-3H3/b13-10+,14-11?. The summed E-state index contributed by atoms with van der Waals surface area (Å²) in [5.41, 5.74) is 2.75. The fourth-order valence-corrected chi connectivity index (χ4v) is 1.64. The van der Waals surface area contributed by atoms with Gasteiger partial charge in [-0.1, -0.05) is 25.8 Å². The molecule has 0 aromatic heterocycles. The molecule has 1 fully saturated rings. The molecule has 1 nitrogen and oxygen atoms in total. The maximum Gasteiger partial charge on any atom is 0.0342 e. The molecule has 0 atom stereocenters. The van der Waals surface area contributed by atoms with Gasteiger partial charge in [-0.25, -0.2) is 0 Å². The van der Waals surface area contributed by atoms with E-state index in [-0.39, 0.29) is 0 Å². The lowest BCUT2D eigenvalue weighted by molar-refractivity contribution is 0.720. The first-order chi connectivity index (χ1) is 6.77. The Bertz CT molecular complexity index is 221. The Balaban J connectivity index is 2.44. The van der Waals surface area contributed by atoms with E-state index < -0.39 is 0 Å². The van der Waals surface area contributed by atoms with Gasteiger partial charge in [0.05, 0.1) is 0 Å². The normalized spacial score (nSPS) is 18.8. The van der Waals surface area contributed by atoms with Crippen molar-refractivity contribution in [1.29, 1.82) is 0 Å². The minimum Gasteiger partial charge on any atom is -0.293 e. The predicted molar refractivity (Wildman–Crippen MR) is 64.0 cm³/mol. The molecular weight excluding hydrogens is 170 g/mol. The lowest BCUT2D eigenvalue weighted by Crippen LogP contribution is -1.98. The monoisotopic (exact) mass is 193 g/mol. The van der Waals surface area contributed by atoms with Crippen LogP contribution in [0.15, 0.2) is 16.6 Å². The highest BCUT2D eigenvalue weighted by atomic mass is 14.7. The van der Waals surface area contributed by atoms with Gasteiger partial charge in [0.1, 0.15) is 0 Å². The number of hydrogen-bond acceptors (Lipinski definition) is 1. The van der Waals surface area contributed by atoms with E-state index in [0.29, 0.717) is 0 Å². The summed E-state index contributed by atoms with van der Waals surface area (Å²) in [5.74, 6) is 0.878. The van der Waals surface area contributed by atoms with Gasteiger partial charge >= 0.3 is 0 Å². The van der Waals surface area contributed by atoms with Crippen LogP contribution in [0, 0.1) is 5.92 Å². The van der Waals surface area contributed by atoms with Gasteiger partial charge in [0.2, 0.25) is 0 Å². The zero-order valence-corrected chi connectivity index (χ0v) is 9.84. The molecule has 1 rings (SSSR count). The van der Waals surface area contributed by atoms with Crippen molar-refractivity contribution in [2.24, 2.45) is 10.9 Å². The van der Waals surface area contributed by atoms with Gasteiger partial charge in [0, 0.05) is 12.8 Å². The lowest BCUT2D eigenvalue weighted by atomic mass is 10.0. The SMILES string of the molecule is CCCCC/C(=C\C1CC1)C(C)=NC. The summed E-state index contributed by atoms with van der Waals surface area (Å²) in [4.78, 5) is 4.30. The van der Waals surface area contributed by atoms with E-state index >= 15 is 0 Å². The van der Waals surface area contributed by atoms with Crippen molar-refractivity contribution in [3.63, 3.8) is 0 Å². The van der Waals surface area contributed by atoms with E-state index in [0.717, 1.165) is 5.92 Å². The zero-order valence-electron chi connectivity index (χ0n) is 9.84. The van der Waals surface area contributed by atoms with Crippen molar-refractivity contribution >= 4 is 5.71 Å². The van der Waals surface area contributed by atoms with Crippen LogP contribution in [-0.4, -0.2) is 12.8 Å². The molecule has 0 spiro atoms. The molecule has 1 saturated carbocycles. The van der Waals surface area contributed by atoms with E-state index in [1.54, 1.807) is 0 Å². The fourth-order valence-electron chi connectivity index (χ4n) is 1.64. The number of allylic oxidation sites excluding steroid dienone is 2. The first-order valence-corrected chi connectivity index (χ1v) is 5.92. The molecular formula is C13H23N. The zero-order chi connectivity index (χ0) is 10.4. The summed E-state index contributed by atoms with van der Waals surface area (Å²) in [5, 5.41) is 0. The summed E-state index contributed by atoms with van der Waals surface area (Å²) in [6.45, 7) is 4.39.